The van der Waals surface area contributed by atoms with E-state index in [9.17, 15) is 18.0 Å². The van der Waals surface area contributed by atoms with Crippen molar-refractivity contribution in [2.75, 3.05) is 12.0 Å². The van der Waals surface area contributed by atoms with Crippen molar-refractivity contribution in [1.29, 1.82) is 0 Å². The Morgan fingerprint density at radius 3 is 2.29 bits per heavy atom. The highest BCUT2D eigenvalue weighted by Crippen LogP contribution is 2.39. The summed E-state index contributed by atoms with van der Waals surface area (Å²) in [5.41, 5.74) is 1.84. The van der Waals surface area contributed by atoms with E-state index in [0.717, 1.165) is 17.7 Å². The molecular formula is C24H29BF3N3O4. The van der Waals surface area contributed by atoms with E-state index in [2.05, 4.69) is 10.7 Å². The van der Waals surface area contributed by atoms with Crippen LogP contribution in [0.25, 0.3) is 6.08 Å². The lowest BCUT2D eigenvalue weighted by Crippen LogP contribution is -2.41. The lowest BCUT2D eigenvalue weighted by Gasteiger charge is -2.32. The minimum atomic E-state index is -4.52. The van der Waals surface area contributed by atoms with Gasteiger partial charge in [0, 0.05) is 6.54 Å². The Morgan fingerprint density at radius 2 is 1.71 bits per heavy atom. The number of nitrogens with two attached hydrogens (primary N) is 1. The molecule has 1 heterocycles. The van der Waals surface area contributed by atoms with E-state index < -0.39 is 36.2 Å². The first-order valence-electron chi connectivity index (χ1n) is 11.0. The third-order valence-electron chi connectivity index (χ3n) is 6.08. The Labute approximate surface area is 202 Å². The molecule has 0 unspecified atom stereocenters. The largest absolute Gasteiger partial charge is 0.492 e. The zero-order valence-corrected chi connectivity index (χ0v) is 20.0. The fraction of sp³-hybridized carbons (Fsp3) is 0.375. The second kappa shape index (κ2) is 10.3. The Balaban J connectivity index is 1.83. The van der Waals surface area contributed by atoms with Crippen molar-refractivity contribution in [1.82, 2.24) is 5.32 Å². The molecule has 1 aliphatic rings. The number of rotatable bonds is 7. The summed E-state index contributed by atoms with van der Waals surface area (Å²) in [6.45, 7) is 7.54. The van der Waals surface area contributed by atoms with Gasteiger partial charge >= 0.3 is 19.4 Å². The number of carbonyl (C=O) groups is 1. The highest BCUT2D eigenvalue weighted by atomic mass is 19.4. The predicted molar refractivity (Wildman–Crippen MR) is 128 cm³/mol. The van der Waals surface area contributed by atoms with Crippen molar-refractivity contribution in [2.45, 2.75) is 51.7 Å². The molecule has 0 saturated carbocycles. The zero-order chi connectivity index (χ0) is 25.9. The van der Waals surface area contributed by atoms with Gasteiger partial charge in [0.25, 0.3) is 0 Å². The standard InChI is InChI=1S/C24H29BF3N3O4/c1-22(2)23(3,4)35-25(34-22)19(14-30-21(32)33-15-16-8-6-5-7-9-16)12-17-10-11-18(24(26,27)28)13-20(17)31-29/h5-13,31H,14-15,29H2,1-4H3,(H,30,32). The molecule has 1 fully saturated rings. The number of nitrogen functional groups attached to an aromatic ring is 1. The summed E-state index contributed by atoms with van der Waals surface area (Å²) < 4.78 is 56.9. The average molecular weight is 491 g/mol. The van der Waals surface area contributed by atoms with Gasteiger partial charge in [0.2, 0.25) is 0 Å². The number of alkyl carbamates (subject to hydrolysis) is 1. The number of hydrogen-bond acceptors (Lipinski definition) is 6. The number of carbonyl (C=O) groups excluding carboxylic acids is 1. The first-order valence-corrected chi connectivity index (χ1v) is 11.0. The summed E-state index contributed by atoms with van der Waals surface area (Å²) in [5.74, 6) is 5.50. The molecular weight excluding hydrogens is 462 g/mol. The molecule has 11 heteroatoms. The number of alkyl halides is 3. The molecule has 3 rings (SSSR count). The molecule has 0 bridgehead atoms. The molecule has 0 spiro atoms. The number of hydrazine groups is 1. The molecule has 1 amide bonds. The first kappa shape index (κ1) is 26.6. The predicted octanol–water partition coefficient (Wildman–Crippen LogP) is 4.93. The van der Waals surface area contributed by atoms with Gasteiger partial charge in [-0.2, -0.15) is 13.2 Å². The van der Waals surface area contributed by atoms with Crippen LogP contribution in [-0.2, 0) is 26.8 Å². The van der Waals surface area contributed by atoms with E-state index in [1.807, 2.05) is 58.0 Å². The molecule has 4 N–H and O–H groups in total. The van der Waals surface area contributed by atoms with E-state index in [4.69, 9.17) is 19.9 Å². The minimum Gasteiger partial charge on any atom is -0.445 e. The maximum Gasteiger partial charge on any atom is 0.492 e. The normalized spacial score (nSPS) is 17.3. The van der Waals surface area contributed by atoms with Gasteiger partial charge in [-0.05, 0) is 56.4 Å². The Morgan fingerprint density at radius 1 is 1.09 bits per heavy atom. The van der Waals surface area contributed by atoms with Gasteiger partial charge in [-0.3, -0.25) is 5.84 Å². The number of amides is 1. The summed E-state index contributed by atoms with van der Waals surface area (Å²) in [5, 5.41) is 2.66. The van der Waals surface area contributed by atoms with Crippen LogP contribution in [0, 0.1) is 0 Å². The van der Waals surface area contributed by atoms with Crippen LogP contribution in [0.5, 0.6) is 0 Å². The van der Waals surface area contributed by atoms with Gasteiger partial charge in [0.05, 0.1) is 22.5 Å². The van der Waals surface area contributed by atoms with Gasteiger partial charge < -0.3 is 24.8 Å². The fourth-order valence-corrected chi connectivity index (χ4v) is 3.33. The maximum absolute atomic E-state index is 13.1. The molecule has 1 aliphatic heterocycles. The second-order valence-corrected chi connectivity index (χ2v) is 9.17. The molecule has 2 aromatic rings. The van der Waals surface area contributed by atoms with Gasteiger partial charge in [-0.1, -0.05) is 42.5 Å². The average Bonchev–Trinajstić information content (AvgIpc) is 3.01. The smallest absolute Gasteiger partial charge is 0.445 e. The SMILES string of the molecule is CC1(C)OB(C(=Cc2ccc(C(F)(F)F)cc2NN)CNC(=O)OCc2ccccc2)OC1(C)C. The van der Waals surface area contributed by atoms with Gasteiger partial charge in [-0.15, -0.1) is 0 Å². The third kappa shape index (κ3) is 6.56. The van der Waals surface area contributed by atoms with E-state index >= 15 is 0 Å². The van der Waals surface area contributed by atoms with Crippen LogP contribution >= 0.6 is 0 Å². The van der Waals surface area contributed by atoms with Crippen LogP contribution < -0.4 is 16.6 Å². The number of halogens is 3. The monoisotopic (exact) mass is 491 g/mol. The highest BCUT2D eigenvalue weighted by Gasteiger charge is 2.52. The lowest BCUT2D eigenvalue weighted by atomic mass is 9.76. The number of nitrogens with one attached hydrogen (secondary N) is 2. The quantitative estimate of drug-likeness (QED) is 0.289. The van der Waals surface area contributed by atoms with Crippen molar-refractivity contribution >= 4 is 25.0 Å². The molecule has 188 valence electrons. The molecule has 0 aliphatic carbocycles. The summed E-state index contributed by atoms with van der Waals surface area (Å²) in [4.78, 5) is 12.3. The lowest BCUT2D eigenvalue weighted by molar-refractivity contribution is -0.137. The fourth-order valence-electron chi connectivity index (χ4n) is 3.33. The van der Waals surface area contributed by atoms with E-state index in [1.165, 1.54) is 6.07 Å². The van der Waals surface area contributed by atoms with Crippen LogP contribution in [-0.4, -0.2) is 31.0 Å². The topological polar surface area (TPSA) is 94.8 Å². The Hall–Kier alpha value is -3.02. The van der Waals surface area contributed by atoms with Crippen molar-refractivity contribution in [2.24, 2.45) is 5.84 Å². The summed E-state index contributed by atoms with van der Waals surface area (Å²) >= 11 is 0. The van der Waals surface area contributed by atoms with Crippen LogP contribution in [0.2, 0.25) is 0 Å². The van der Waals surface area contributed by atoms with Gasteiger partial charge in [0.1, 0.15) is 6.61 Å². The number of hydrogen-bond donors (Lipinski definition) is 3. The highest BCUT2D eigenvalue weighted by molar-refractivity contribution is 6.56. The van der Waals surface area contributed by atoms with Crippen LogP contribution in [0.15, 0.2) is 54.0 Å². The summed E-state index contributed by atoms with van der Waals surface area (Å²) in [7, 11) is -0.859. The van der Waals surface area contributed by atoms with Crippen molar-refractivity contribution < 1.29 is 32.0 Å². The van der Waals surface area contributed by atoms with Crippen molar-refractivity contribution in [3.05, 3.63) is 70.7 Å². The molecule has 7 nitrogen and oxygen atoms in total. The summed E-state index contributed by atoms with van der Waals surface area (Å²) in [6.07, 6.45) is -3.61. The van der Waals surface area contributed by atoms with E-state index in [-0.39, 0.29) is 18.8 Å². The first-order chi connectivity index (χ1) is 16.3. The van der Waals surface area contributed by atoms with Crippen LogP contribution in [0.3, 0.4) is 0 Å². The molecule has 0 radical (unpaired) electrons. The molecule has 0 aromatic heterocycles. The molecule has 1 saturated heterocycles. The summed E-state index contributed by atoms with van der Waals surface area (Å²) in [6, 6.07) is 12.3. The number of anilines is 1. The maximum atomic E-state index is 13.1. The van der Waals surface area contributed by atoms with Gasteiger partial charge in [-0.25, -0.2) is 4.79 Å². The second-order valence-electron chi connectivity index (χ2n) is 9.17. The van der Waals surface area contributed by atoms with E-state index in [0.29, 0.717) is 11.0 Å². The molecule has 0 atom stereocenters. The Bertz CT molecular complexity index is 1060. The van der Waals surface area contributed by atoms with Gasteiger partial charge in [0.15, 0.2) is 0 Å². The molecule has 35 heavy (non-hydrogen) atoms. The van der Waals surface area contributed by atoms with Crippen LogP contribution in [0.4, 0.5) is 23.7 Å². The Kier molecular flexibility index (Phi) is 7.83. The minimum absolute atomic E-state index is 0.0323. The van der Waals surface area contributed by atoms with Crippen LogP contribution in [0.1, 0.15) is 44.4 Å². The van der Waals surface area contributed by atoms with E-state index in [1.54, 1.807) is 6.08 Å². The number of ether oxygens (including phenoxy) is 1. The third-order valence-corrected chi connectivity index (χ3v) is 6.08. The van der Waals surface area contributed by atoms with Crippen molar-refractivity contribution in [3.63, 3.8) is 0 Å². The molecule has 2 aromatic carbocycles. The number of benzene rings is 2. The van der Waals surface area contributed by atoms with Crippen molar-refractivity contribution in [3.8, 4) is 0 Å². The zero-order valence-electron chi connectivity index (χ0n) is 20.0.